The third kappa shape index (κ3) is 6.06. The molecule has 3 rings (SSSR count). The van der Waals surface area contributed by atoms with Crippen LogP contribution in [0.2, 0.25) is 0 Å². The standard InChI is InChI=1S/C24H25F3N2O5/c1-14(22(31)32)29-21(30)12-15(24(25,26)27)10-11-28-23(33)34-13-20-18-8-4-2-6-16(18)17-7-3-5-9-19(17)20/h2-9,14-15,20H,10-13H2,1H3,(H,28,33)(H,29,30)(H,31,32)/t14-,15?/m1/s1. The molecule has 0 aliphatic heterocycles. The summed E-state index contributed by atoms with van der Waals surface area (Å²) >= 11 is 0. The highest BCUT2D eigenvalue weighted by Gasteiger charge is 2.40. The fourth-order valence-corrected chi connectivity index (χ4v) is 3.97. The average molecular weight is 478 g/mol. The molecule has 1 aliphatic carbocycles. The Kier molecular flexibility index (Phi) is 7.80. The summed E-state index contributed by atoms with van der Waals surface area (Å²) in [6.07, 6.45) is -7.03. The van der Waals surface area contributed by atoms with Crippen LogP contribution in [0.1, 0.15) is 36.8 Å². The molecule has 0 saturated heterocycles. The van der Waals surface area contributed by atoms with Crippen LogP contribution < -0.4 is 10.6 Å². The SMILES string of the molecule is C[C@@H](NC(=O)CC(CCNC(=O)OCC1c2ccccc2-c2ccccc21)C(F)(F)F)C(=O)O. The van der Waals surface area contributed by atoms with Crippen molar-refractivity contribution in [2.24, 2.45) is 5.92 Å². The number of alkyl halides is 3. The highest BCUT2D eigenvalue weighted by molar-refractivity contribution is 5.83. The molecule has 7 nitrogen and oxygen atoms in total. The van der Waals surface area contributed by atoms with Gasteiger partial charge in [-0.2, -0.15) is 13.2 Å². The Balaban J connectivity index is 1.51. The Morgan fingerprint density at radius 2 is 1.59 bits per heavy atom. The Morgan fingerprint density at radius 3 is 2.12 bits per heavy atom. The molecule has 34 heavy (non-hydrogen) atoms. The van der Waals surface area contributed by atoms with Crippen molar-refractivity contribution in [3.05, 3.63) is 59.7 Å². The lowest BCUT2D eigenvalue weighted by Gasteiger charge is -2.21. The Morgan fingerprint density at radius 1 is 1.03 bits per heavy atom. The van der Waals surface area contributed by atoms with E-state index in [1.165, 1.54) is 0 Å². The molecular weight excluding hydrogens is 453 g/mol. The third-order valence-corrected chi connectivity index (χ3v) is 5.75. The zero-order valence-corrected chi connectivity index (χ0v) is 18.4. The van der Waals surface area contributed by atoms with E-state index in [0.717, 1.165) is 29.2 Å². The predicted molar refractivity (Wildman–Crippen MR) is 117 cm³/mol. The van der Waals surface area contributed by atoms with E-state index in [1.54, 1.807) is 0 Å². The van der Waals surface area contributed by atoms with Gasteiger partial charge in [0, 0.05) is 18.9 Å². The van der Waals surface area contributed by atoms with Gasteiger partial charge in [-0.05, 0) is 35.6 Å². The number of carboxylic acids is 1. The first kappa shape index (κ1) is 25.1. The normalized spacial score (nSPS) is 14.5. The van der Waals surface area contributed by atoms with E-state index >= 15 is 0 Å². The second-order valence-electron chi connectivity index (χ2n) is 8.11. The lowest BCUT2D eigenvalue weighted by Crippen LogP contribution is -2.41. The number of carboxylic acid groups (broad SMARTS) is 1. The summed E-state index contributed by atoms with van der Waals surface area (Å²) in [6.45, 7) is 0.822. The summed E-state index contributed by atoms with van der Waals surface area (Å²) in [5.74, 6) is -4.60. The molecule has 0 radical (unpaired) electrons. The number of carbonyl (C=O) groups excluding carboxylic acids is 2. The van der Waals surface area contributed by atoms with Gasteiger partial charge in [-0.25, -0.2) is 4.79 Å². The number of aliphatic carboxylic acids is 1. The molecular formula is C24H25F3N2O5. The summed E-state index contributed by atoms with van der Waals surface area (Å²) in [6, 6.07) is 14.2. The number of benzene rings is 2. The van der Waals surface area contributed by atoms with E-state index in [9.17, 15) is 27.6 Å². The van der Waals surface area contributed by atoms with Crippen LogP contribution in [0, 0.1) is 5.92 Å². The maximum Gasteiger partial charge on any atom is 0.407 e. The molecule has 0 heterocycles. The zero-order valence-electron chi connectivity index (χ0n) is 18.4. The van der Waals surface area contributed by atoms with Crippen LogP contribution in [0.25, 0.3) is 11.1 Å². The molecule has 0 bridgehead atoms. The van der Waals surface area contributed by atoms with Crippen molar-refractivity contribution in [1.29, 1.82) is 0 Å². The number of halogens is 3. The lowest BCUT2D eigenvalue weighted by molar-refractivity contribution is -0.180. The van der Waals surface area contributed by atoms with Gasteiger partial charge in [-0.1, -0.05) is 48.5 Å². The van der Waals surface area contributed by atoms with Gasteiger partial charge in [0.25, 0.3) is 0 Å². The summed E-state index contributed by atoms with van der Waals surface area (Å²) in [5.41, 5.74) is 4.12. The second-order valence-corrected chi connectivity index (χ2v) is 8.11. The maximum atomic E-state index is 13.3. The smallest absolute Gasteiger partial charge is 0.407 e. The van der Waals surface area contributed by atoms with Gasteiger partial charge in [0.2, 0.25) is 5.91 Å². The molecule has 0 aromatic heterocycles. The van der Waals surface area contributed by atoms with Crippen LogP contribution in [0.5, 0.6) is 0 Å². The van der Waals surface area contributed by atoms with Crippen LogP contribution in [-0.2, 0) is 14.3 Å². The topological polar surface area (TPSA) is 105 Å². The number of nitrogens with one attached hydrogen (secondary N) is 2. The zero-order chi connectivity index (χ0) is 24.9. The van der Waals surface area contributed by atoms with Crippen molar-refractivity contribution in [2.75, 3.05) is 13.2 Å². The minimum Gasteiger partial charge on any atom is -0.480 e. The third-order valence-electron chi connectivity index (χ3n) is 5.75. The van der Waals surface area contributed by atoms with Crippen LogP contribution in [0.15, 0.2) is 48.5 Å². The van der Waals surface area contributed by atoms with Crippen molar-refractivity contribution in [2.45, 2.75) is 37.9 Å². The molecule has 0 spiro atoms. The molecule has 0 fully saturated rings. The van der Waals surface area contributed by atoms with Crippen molar-refractivity contribution in [1.82, 2.24) is 10.6 Å². The van der Waals surface area contributed by atoms with Gasteiger partial charge in [-0.3, -0.25) is 9.59 Å². The number of hydrogen-bond acceptors (Lipinski definition) is 4. The number of alkyl carbamates (subject to hydrolysis) is 1. The molecule has 1 unspecified atom stereocenters. The fourth-order valence-electron chi connectivity index (χ4n) is 3.97. The summed E-state index contributed by atoms with van der Waals surface area (Å²) in [4.78, 5) is 34.7. The Labute approximate surface area is 194 Å². The quantitative estimate of drug-likeness (QED) is 0.504. The van der Waals surface area contributed by atoms with Gasteiger partial charge >= 0.3 is 18.2 Å². The first-order valence-corrected chi connectivity index (χ1v) is 10.8. The number of amides is 2. The molecule has 2 amide bonds. The summed E-state index contributed by atoms with van der Waals surface area (Å²) < 4.78 is 45.2. The molecule has 3 N–H and O–H groups in total. The second kappa shape index (κ2) is 10.6. The molecule has 2 aromatic carbocycles. The molecule has 2 atom stereocenters. The number of carbonyl (C=O) groups is 3. The maximum absolute atomic E-state index is 13.3. The number of hydrogen-bond donors (Lipinski definition) is 3. The van der Waals surface area contributed by atoms with Crippen LogP contribution in [0.4, 0.5) is 18.0 Å². The first-order chi connectivity index (χ1) is 16.1. The van der Waals surface area contributed by atoms with Crippen molar-refractivity contribution in [3.8, 4) is 11.1 Å². The van der Waals surface area contributed by atoms with Gasteiger partial charge in [-0.15, -0.1) is 0 Å². The number of rotatable bonds is 9. The molecule has 10 heteroatoms. The summed E-state index contributed by atoms with van der Waals surface area (Å²) in [7, 11) is 0. The fraction of sp³-hybridized carbons (Fsp3) is 0.375. The Hall–Kier alpha value is -3.56. The highest BCUT2D eigenvalue weighted by Crippen LogP contribution is 2.44. The molecule has 0 saturated carbocycles. The van der Waals surface area contributed by atoms with E-state index in [-0.39, 0.29) is 19.1 Å². The van der Waals surface area contributed by atoms with E-state index in [4.69, 9.17) is 9.84 Å². The predicted octanol–water partition coefficient (Wildman–Crippen LogP) is 4.07. The molecule has 182 valence electrons. The minimum absolute atomic E-state index is 0.0258. The van der Waals surface area contributed by atoms with E-state index in [1.807, 2.05) is 53.8 Å². The van der Waals surface area contributed by atoms with Crippen molar-refractivity contribution in [3.63, 3.8) is 0 Å². The van der Waals surface area contributed by atoms with E-state index < -0.39 is 48.9 Å². The van der Waals surface area contributed by atoms with Crippen LogP contribution in [-0.4, -0.2) is 48.4 Å². The van der Waals surface area contributed by atoms with Crippen molar-refractivity contribution >= 4 is 18.0 Å². The van der Waals surface area contributed by atoms with E-state index in [2.05, 4.69) is 5.32 Å². The van der Waals surface area contributed by atoms with Crippen LogP contribution >= 0.6 is 0 Å². The summed E-state index contributed by atoms with van der Waals surface area (Å²) in [5, 5.41) is 13.1. The largest absolute Gasteiger partial charge is 0.480 e. The van der Waals surface area contributed by atoms with Crippen molar-refractivity contribution < 1.29 is 37.4 Å². The van der Waals surface area contributed by atoms with Crippen LogP contribution in [0.3, 0.4) is 0 Å². The highest BCUT2D eigenvalue weighted by atomic mass is 19.4. The average Bonchev–Trinajstić information content (AvgIpc) is 3.10. The number of fused-ring (bicyclic) bond motifs is 3. The van der Waals surface area contributed by atoms with Gasteiger partial charge in [0.15, 0.2) is 0 Å². The number of ether oxygens (including phenoxy) is 1. The molecule has 2 aromatic rings. The van der Waals surface area contributed by atoms with Gasteiger partial charge in [0.05, 0.1) is 5.92 Å². The molecule has 1 aliphatic rings. The lowest BCUT2D eigenvalue weighted by atomic mass is 9.98. The Bertz CT molecular complexity index is 1010. The van der Waals surface area contributed by atoms with E-state index in [0.29, 0.717) is 0 Å². The monoisotopic (exact) mass is 478 g/mol. The van der Waals surface area contributed by atoms with Gasteiger partial charge < -0.3 is 20.5 Å². The minimum atomic E-state index is -4.69. The van der Waals surface area contributed by atoms with Gasteiger partial charge in [0.1, 0.15) is 12.6 Å². The first-order valence-electron chi connectivity index (χ1n) is 10.8.